The highest BCUT2D eigenvalue weighted by atomic mass is 16.6. The van der Waals surface area contributed by atoms with Crippen LogP contribution in [0.4, 0.5) is 0 Å². The molecule has 1 saturated heterocycles. The molecule has 1 aliphatic heterocycles. The van der Waals surface area contributed by atoms with Crippen molar-refractivity contribution in [2.75, 3.05) is 13.2 Å². The minimum Gasteiger partial charge on any atom is -0.461 e. The van der Waals surface area contributed by atoms with Crippen molar-refractivity contribution in [2.45, 2.75) is 111 Å². The summed E-state index contributed by atoms with van der Waals surface area (Å²) in [4.78, 5) is 40.1. The molecule has 5 aliphatic rings. The van der Waals surface area contributed by atoms with Crippen LogP contribution >= 0.6 is 0 Å². The lowest BCUT2D eigenvalue weighted by molar-refractivity contribution is -0.280. The fourth-order valence-corrected chi connectivity index (χ4v) is 12.4. The zero-order chi connectivity index (χ0) is 37.0. The summed E-state index contributed by atoms with van der Waals surface area (Å²) < 4.78 is 25.1. The van der Waals surface area contributed by atoms with Gasteiger partial charge in [-0.25, -0.2) is 0 Å². The second kappa shape index (κ2) is 13.6. The number of carbonyl (C=O) groups excluding carboxylic acids is 3. The Kier molecular flexibility index (Phi) is 10.0. The zero-order valence-corrected chi connectivity index (χ0v) is 31.6. The number of hydrogen-bond acceptors (Lipinski definition) is 8. The summed E-state index contributed by atoms with van der Waals surface area (Å²) in [7, 11) is 0. The van der Waals surface area contributed by atoms with Gasteiger partial charge in [0.15, 0.2) is 0 Å². The van der Waals surface area contributed by atoms with Gasteiger partial charge in [-0.3, -0.25) is 14.4 Å². The van der Waals surface area contributed by atoms with Crippen LogP contribution in [0.1, 0.15) is 92.1 Å². The smallest absolute Gasteiger partial charge is 0.320 e. The molecule has 8 nitrogen and oxygen atoms in total. The van der Waals surface area contributed by atoms with Gasteiger partial charge in [0.2, 0.25) is 0 Å². The molecule has 0 spiro atoms. The van der Waals surface area contributed by atoms with Gasteiger partial charge in [0.1, 0.15) is 18.8 Å². The van der Waals surface area contributed by atoms with E-state index in [1.807, 2.05) is 30.3 Å². The van der Waals surface area contributed by atoms with Crippen molar-refractivity contribution in [1.82, 2.24) is 0 Å². The molecule has 1 aromatic rings. The Morgan fingerprint density at radius 1 is 1.06 bits per heavy atom. The van der Waals surface area contributed by atoms with Crippen LogP contribution in [-0.4, -0.2) is 49.4 Å². The normalized spacial score (nSPS) is 41.1. The zero-order valence-electron chi connectivity index (χ0n) is 31.6. The molecule has 4 fully saturated rings. The van der Waals surface area contributed by atoms with Crippen molar-refractivity contribution in [1.29, 1.82) is 0 Å². The number of fused-ring (bicyclic) bond motifs is 3. The molecule has 3 saturated carbocycles. The summed E-state index contributed by atoms with van der Waals surface area (Å²) in [5, 5.41) is 0. The molecule has 0 amide bonds. The third-order valence-corrected chi connectivity index (χ3v) is 14.4. The molecule has 3 unspecified atom stereocenters. The van der Waals surface area contributed by atoms with Crippen LogP contribution in [0.15, 0.2) is 67.3 Å². The Morgan fingerprint density at radius 3 is 2.41 bits per heavy atom. The van der Waals surface area contributed by atoms with Gasteiger partial charge in [-0.05, 0) is 74.2 Å². The number of esters is 3. The maximum atomic E-state index is 14.8. The molecule has 0 aromatic heterocycles. The average Bonchev–Trinajstić information content (AvgIpc) is 3.10. The molecular weight excluding hydrogens is 642 g/mol. The monoisotopic (exact) mass is 701 g/mol. The van der Waals surface area contributed by atoms with E-state index >= 15 is 0 Å². The lowest BCUT2D eigenvalue weighted by atomic mass is 9.34. The van der Waals surface area contributed by atoms with E-state index in [1.165, 1.54) is 12.5 Å². The third-order valence-electron chi connectivity index (χ3n) is 14.4. The Labute approximate surface area is 304 Å². The van der Waals surface area contributed by atoms with Gasteiger partial charge in [-0.1, -0.05) is 81.8 Å². The van der Waals surface area contributed by atoms with Crippen LogP contribution in [0.3, 0.4) is 0 Å². The molecule has 1 aromatic carbocycles. The van der Waals surface area contributed by atoms with Crippen LogP contribution in [-0.2, 0) is 39.9 Å². The van der Waals surface area contributed by atoms with Crippen LogP contribution in [0.2, 0.25) is 0 Å². The number of carbonyl (C=O) groups is 3. The van der Waals surface area contributed by atoms with Crippen LogP contribution < -0.4 is 5.73 Å². The Hall–Kier alpha value is -3.23. The van der Waals surface area contributed by atoms with Crippen LogP contribution in [0, 0.1) is 50.7 Å². The predicted octanol–water partition coefficient (Wildman–Crippen LogP) is 7.51. The largest absolute Gasteiger partial charge is 0.461 e. The van der Waals surface area contributed by atoms with Gasteiger partial charge in [-0.2, -0.15) is 0 Å². The second-order valence-corrected chi connectivity index (χ2v) is 17.2. The first kappa shape index (κ1) is 37.5. The fourth-order valence-electron chi connectivity index (χ4n) is 12.4. The molecule has 278 valence electrons. The molecule has 8 heteroatoms. The van der Waals surface area contributed by atoms with Crippen molar-refractivity contribution in [3.63, 3.8) is 0 Å². The highest BCUT2D eigenvalue weighted by Gasteiger charge is 2.74. The number of hydrogen-bond donors (Lipinski definition) is 1. The van der Waals surface area contributed by atoms with E-state index in [9.17, 15) is 14.4 Å². The summed E-state index contributed by atoms with van der Waals surface area (Å²) in [5.74, 6) is -0.976. The lowest BCUT2D eigenvalue weighted by Crippen LogP contribution is -2.72. The van der Waals surface area contributed by atoms with Gasteiger partial charge in [0.25, 0.3) is 0 Å². The van der Waals surface area contributed by atoms with Crippen LogP contribution in [0.5, 0.6) is 0 Å². The maximum Gasteiger partial charge on any atom is 0.320 e. The molecule has 11 atom stereocenters. The number of rotatable bonds is 10. The molecule has 4 aliphatic carbocycles. The molecule has 2 N–H and O–H groups in total. The highest BCUT2D eigenvalue weighted by molar-refractivity contribution is 5.76. The van der Waals surface area contributed by atoms with Crippen LogP contribution in [0.25, 0.3) is 0 Å². The minimum atomic E-state index is -0.672. The SMILES string of the molecule is C=C[C@]1(CC(C)C)CC[C@]2(C)C3CCC4[C@]5(CC(OC(C)=O)[C@H](OC(=O)CN)[C@]4(C)CO[C@H]5C)C3=CC[C@@]2(C=C)[C@@H]1C(=O)OCc1ccccc1. The van der Waals surface area contributed by atoms with Gasteiger partial charge in [0, 0.05) is 35.0 Å². The first-order valence-electron chi connectivity index (χ1n) is 19.0. The summed E-state index contributed by atoms with van der Waals surface area (Å²) in [6.45, 7) is 21.8. The van der Waals surface area contributed by atoms with Crippen molar-refractivity contribution < 1.29 is 33.3 Å². The standard InChI is InChI=1S/C43H59NO7/c1-9-41(22-27(3)4)21-20-40(8)31-16-17-34-39(7)26-49-28(5)43(34,23-33(50-29(6)45)37(39)51-35(46)24-44)32(31)18-19-42(40,10-2)36(41)38(47)48-25-30-14-12-11-13-15-30/h9-15,18,27-28,31,33-34,36-37H,1-2,16-17,19-26,44H2,3-8H3/t28-,31?,33?,34?,36+,37-,39+,40+,41+,42-,43-/m0/s1. The van der Waals surface area contributed by atoms with Gasteiger partial charge < -0.3 is 24.7 Å². The van der Waals surface area contributed by atoms with Crippen molar-refractivity contribution in [3.8, 4) is 0 Å². The van der Waals surface area contributed by atoms with Crippen molar-refractivity contribution in [2.24, 2.45) is 56.5 Å². The van der Waals surface area contributed by atoms with Crippen molar-refractivity contribution >= 4 is 17.9 Å². The van der Waals surface area contributed by atoms with Crippen molar-refractivity contribution in [3.05, 3.63) is 72.9 Å². The summed E-state index contributed by atoms with van der Waals surface area (Å²) >= 11 is 0. The molecule has 51 heavy (non-hydrogen) atoms. The predicted molar refractivity (Wildman–Crippen MR) is 196 cm³/mol. The van der Waals surface area contributed by atoms with Gasteiger partial charge in [-0.15, -0.1) is 13.2 Å². The Morgan fingerprint density at radius 2 is 1.78 bits per heavy atom. The fraction of sp³-hybridized carbons (Fsp3) is 0.651. The number of allylic oxidation sites excluding steroid dienone is 3. The number of benzene rings is 1. The summed E-state index contributed by atoms with van der Waals surface area (Å²) in [6, 6.07) is 9.86. The second-order valence-electron chi connectivity index (χ2n) is 17.2. The number of ether oxygens (including phenoxy) is 4. The first-order chi connectivity index (χ1) is 24.2. The maximum absolute atomic E-state index is 14.8. The molecule has 2 bridgehead atoms. The first-order valence-corrected chi connectivity index (χ1v) is 19.0. The van der Waals surface area contributed by atoms with Gasteiger partial charge in [0.05, 0.1) is 25.2 Å². The van der Waals surface area contributed by atoms with E-state index in [0.717, 1.165) is 37.7 Å². The third kappa shape index (κ3) is 5.65. The molecular formula is C43H59NO7. The number of nitrogens with two attached hydrogens (primary N) is 1. The molecule has 0 radical (unpaired) electrons. The highest BCUT2D eigenvalue weighted by Crippen LogP contribution is 2.76. The molecule has 1 heterocycles. The topological polar surface area (TPSA) is 114 Å². The Balaban J connectivity index is 1.47. The van der Waals surface area contributed by atoms with E-state index in [2.05, 4.69) is 66.0 Å². The average molecular weight is 702 g/mol. The molecule has 6 rings (SSSR count). The minimum absolute atomic E-state index is 0.126. The van der Waals surface area contributed by atoms with E-state index in [1.54, 1.807) is 0 Å². The van der Waals surface area contributed by atoms with E-state index < -0.39 is 51.7 Å². The lowest BCUT2D eigenvalue weighted by Gasteiger charge is -2.72. The van der Waals surface area contributed by atoms with E-state index in [-0.39, 0.29) is 42.5 Å². The van der Waals surface area contributed by atoms with E-state index in [0.29, 0.717) is 25.4 Å². The summed E-state index contributed by atoms with van der Waals surface area (Å²) in [6.07, 6.45) is 10.5. The quantitative estimate of drug-likeness (QED) is 0.152. The Bertz CT molecular complexity index is 1570. The summed E-state index contributed by atoms with van der Waals surface area (Å²) in [5.41, 5.74) is 5.58. The van der Waals surface area contributed by atoms with Gasteiger partial charge >= 0.3 is 17.9 Å². The van der Waals surface area contributed by atoms with E-state index in [4.69, 9.17) is 24.7 Å².